The largest absolute Gasteiger partial charge is 0.301 e. The molecule has 2 N–H and O–H groups in total. The lowest BCUT2D eigenvalue weighted by atomic mass is 10.2. The van der Waals surface area contributed by atoms with E-state index in [1.165, 1.54) is 4.31 Å². The third-order valence-electron chi connectivity index (χ3n) is 3.09. The van der Waals surface area contributed by atoms with E-state index >= 15 is 0 Å². The molecule has 2 heterocycles. The van der Waals surface area contributed by atoms with Crippen molar-refractivity contribution in [3.05, 3.63) is 24.4 Å². The van der Waals surface area contributed by atoms with Gasteiger partial charge in [0.15, 0.2) is 0 Å². The lowest BCUT2D eigenvalue weighted by Gasteiger charge is -2.16. The zero-order chi connectivity index (χ0) is 12.6. The van der Waals surface area contributed by atoms with Crippen molar-refractivity contribution in [1.29, 1.82) is 0 Å². The van der Waals surface area contributed by atoms with Crippen molar-refractivity contribution in [3.8, 4) is 0 Å². The molecule has 18 heavy (non-hydrogen) atoms. The van der Waals surface area contributed by atoms with Crippen LogP contribution < -0.4 is 4.72 Å². The summed E-state index contributed by atoms with van der Waals surface area (Å²) in [6.07, 6.45) is 3.56. The molecule has 0 atom stereocenters. The minimum atomic E-state index is -3.42. The Hall–Kier alpha value is -1.60. The maximum Gasteiger partial charge on any atom is 0.301 e. The second-order valence-electron chi connectivity index (χ2n) is 4.39. The van der Waals surface area contributed by atoms with Gasteiger partial charge in [0.1, 0.15) is 0 Å². The summed E-state index contributed by atoms with van der Waals surface area (Å²) in [5.74, 6) is 0. The molecular formula is C11H14N4O2S. The maximum absolute atomic E-state index is 12.1. The number of nitrogens with one attached hydrogen (secondary N) is 2. The van der Waals surface area contributed by atoms with Gasteiger partial charge in [0, 0.05) is 18.5 Å². The van der Waals surface area contributed by atoms with Gasteiger partial charge >= 0.3 is 10.2 Å². The topological polar surface area (TPSA) is 78.1 Å². The first-order chi connectivity index (χ1) is 8.65. The van der Waals surface area contributed by atoms with Gasteiger partial charge in [0.2, 0.25) is 0 Å². The third-order valence-corrected chi connectivity index (χ3v) is 4.63. The van der Waals surface area contributed by atoms with Gasteiger partial charge in [0.25, 0.3) is 0 Å². The van der Waals surface area contributed by atoms with Crippen molar-refractivity contribution in [3.63, 3.8) is 0 Å². The predicted octanol–water partition coefficient (Wildman–Crippen LogP) is 1.32. The number of hydrogen-bond acceptors (Lipinski definition) is 3. The minimum absolute atomic E-state index is 0.554. The summed E-state index contributed by atoms with van der Waals surface area (Å²) >= 11 is 0. The molecule has 3 rings (SSSR count). The molecule has 1 aromatic heterocycles. The Morgan fingerprint density at radius 2 is 2.06 bits per heavy atom. The summed E-state index contributed by atoms with van der Waals surface area (Å²) in [6.45, 7) is 1.20. The van der Waals surface area contributed by atoms with Crippen molar-refractivity contribution in [2.75, 3.05) is 17.8 Å². The average molecular weight is 266 g/mol. The van der Waals surface area contributed by atoms with Gasteiger partial charge in [-0.05, 0) is 31.0 Å². The van der Waals surface area contributed by atoms with Crippen LogP contribution in [-0.2, 0) is 10.2 Å². The van der Waals surface area contributed by atoms with Crippen LogP contribution in [0.5, 0.6) is 0 Å². The van der Waals surface area contributed by atoms with Crippen LogP contribution in [0.1, 0.15) is 12.8 Å². The fourth-order valence-electron chi connectivity index (χ4n) is 2.14. The Kier molecular flexibility index (Phi) is 2.71. The molecule has 0 spiro atoms. The Labute approximate surface area is 105 Å². The van der Waals surface area contributed by atoms with E-state index < -0.39 is 10.2 Å². The fourth-order valence-corrected chi connectivity index (χ4v) is 3.44. The van der Waals surface area contributed by atoms with E-state index in [9.17, 15) is 8.42 Å². The first kappa shape index (κ1) is 11.5. The van der Waals surface area contributed by atoms with E-state index in [4.69, 9.17) is 0 Å². The summed E-state index contributed by atoms with van der Waals surface area (Å²) < 4.78 is 28.2. The van der Waals surface area contributed by atoms with Crippen molar-refractivity contribution in [2.45, 2.75) is 12.8 Å². The highest BCUT2D eigenvalue weighted by molar-refractivity contribution is 7.90. The van der Waals surface area contributed by atoms with Crippen LogP contribution in [0.3, 0.4) is 0 Å². The molecule has 0 unspecified atom stereocenters. The van der Waals surface area contributed by atoms with E-state index in [-0.39, 0.29) is 0 Å². The van der Waals surface area contributed by atoms with E-state index in [0.29, 0.717) is 18.8 Å². The molecule has 1 aliphatic rings. The summed E-state index contributed by atoms with van der Waals surface area (Å²) in [7, 11) is -3.42. The lowest BCUT2D eigenvalue weighted by molar-refractivity contribution is 0.482. The number of nitrogens with zero attached hydrogens (tertiary/aromatic N) is 2. The molecule has 6 nitrogen and oxygen atoms in total. The van der Waals surface area contributed by atoms with Crippen LogP contribution in [0.4, 0.5) is 5.69 Å². The summed E-state index contributed by atoms with van der Waals surface area (Å²) in [4.78, 5) is 0. The summed E-state index contributed by atoms with van der Waals surface area (Å²) in [6, 6.07) is 5.32. The van der Waals surface area contributed by atoms with Gasteiger partial charge < -0.3 is 0 Å². The lowest BCUT2D eigenvalue weighted by Crippen LogP contribution is -2.33. The number of rotatable bonds is 3. The van der Waals surface area contributed by atoms with Crippen molar-refractivity contribution in [1.82, 2.24) is 14.5 Å². The Balaban J connectivity index is 1.86. The number of benzene rings is 1. The molecular weight excluding hydrogens is 252 g/mol. The molecule has 0 bridgehead atoms. The molecule has 2 aromatic rings. The summed E-state index contributed by atoms with van der Waals surface area (Å²) in [5.41, 5.74) is 1.37. The van der Waals surface area contributed by atoms with Gasteiger partial charge in [-0.15, -0.1) is 0 Å². The number of aromatic nitrogens is 2. The molecule has 1 fully saturated rings. The van der Waals surface area contributed by atoms with Crippen molar-refractivity contribution >= 4 is 26.8 Å². The Morgan fingerprint density at radius 3 is 2.83 bits per heavy atom. The number of aromatic amines is 1. The zero-order valence-corrected chi connectivity index (χ0v) is 10.6. The smallest absolute Gasteiger partial charge is 0.278 e. The second-order valence-corrected chi connectivity index (χ2v) is 6.06. The minimum Gasteiger partial charge on any atom is -0.278 e. The first-order valence-corrected chi connectivity index (χ1v) is 7.30. The highest BCUT2D eigenvalue weighted by Gasteiger charge is 2.25. The van der Waals surface area contributed by atoms with E-state index in [1.54, 1.807) is 18.3 Å². The molecule has 0 aliphatic carbocycles. The molecule has 7 heteroatoms. The standard InChI is InChI=1S/C11H14N4O2S/c16-18(17,15-5-1-2-6-15)14-10-4-3-9-8-12-13-11(9)7-10/h3-4,7-8,14H,1-2,5-6H2,(H,12,13). The normalized spacial score (nSPS) is 17.3. The Morgan fingerprint density at radius 1 is 1.28 bits per heavy atom. The first-order valence-electron chi connectivity index (χ1n) is 5.86. The molecule has 0 radical (unpaired) electrons. The van der Waals surface area contributed by atoms with Gasteiger partial charge in [-0.2, -0.15) is 17.8 Å². The highest BCUT2D eigenvalue weighted by Crippen LogP contribution is 2.20. The average Bonchev–Trinajstić information content (AvgIpc) is 2.99. The molecule has 1 aromatic carbocycles. The number of anilines is 1. The molecule has 0 amide bonds. The summed E-state index contributed by atoms with van der Waals surface area (Å²) in [5, 5.41) is 7.68. The van der Waals surface area contributed by atoms with Gasteiger partial charge in [0.05, 0.1) is 17.4 Å². The fraction of sp³-hybridized carbons (Fsp3) is 0.364. The SMILES string of the molecule is O=S(=O)(Nc1ccc2cn[nH]c2c1)N1CCCC1. The zero-order valence-electron chi connectivity index (χ0n) is 9.76. The predicted molar refractivity (Wildman–Crippen MR) is 69.4 cm³/mol. The monoisotopic (exact) mass is 266 g/mol. The van der Waals surface area contributed by atoms with Crippen LogP contribution in [0, 0.1) is 0 Å². The Bertz CT molecular complexity index is 658. The van der Waals surface area contributed by atoms with Crippen molar-refractivity contribution in [2.24, 2.45) is 0 Å². The highest BCUT2D eigenvalue weighted by atomic mass is 32.2. The van der Waals surface area contributed by atoms with Crippen LogP contribution in [0.15, 0.2) is 24.4 Å². The van der Waals surface area contributed by atoms with E-state index in [1.807, 2.05) is 6.07 Å². The quantitative estimate of drug-likeness (QED) is 0.879. The third kappa shape index (κ3) is 2.06. The second kappa shape index (κ2) is 4.25. The van der Waals surface area contributed by atoms with Crippen LogP contribution in [0.2, 0.25) is 0 Å². The van der Waals surface area contributed by atoms with Crippen molar-refractivity contribution < 1.29 is 8.42 Å². The number of hydrogen-bond donors (Lipinski definition) is 2. The van der Waals surface area contributed by atoms with Gasteiger partial charge in [-0.25, -0.2) is 0 Å². The molecule has 1 aliphatic heterocycles. The molecule has 96 valence electrons. The molecule has 1 saturated heterocycles. The van der Waals surface area contributed by atoms with E-state index in [0.717, 1.165) is 23.7 Å². The number of H-pyrrole nitrogens is 1. The van der Waals surface area contributed by atoms with Gasteiger partial charge in [-0.3, -0.25) is 9.82 Å². The van der Waals surface area contributed by atoms with Crippen LogP contribution in [-0.4, -0.2) is 36.0 Å². The van der Waals surface area contributed by atoms with E-state index in [2.05, 4.69) is 14.9 Å². The molecule has 0 saturated carbocycles. The van der Waals surface area contributed by atoms with Gasteiger partial charge in [-0.1, -0.05) is 0 Å². The van der Waals surface area contributed by atoms with Crippen LogP contribution in [0.25, 0.3) is 10.9 Å². The maximum atomic E-state index is 12.1. The van der Waals surface area contributed by atoms with Crippen LogP contribution >= 0.6 is 0 Å². The number of fused-ring (bicyclic) bond motifs is 1.